The van der Waals surface area contributed by atoms with E-state index in [0.29, 0.717) is 37.3 Å². The van der Waals surface area contributed by atoms with Gasteiger partial charge in [-0.05, 0) is 42.0 Å². The lowest BCUT2D eigenvalue weighted by Crippen LogP contribution is -2.34. The number of aryl methyl sites for hydroxylation is 1. The van der Waals surface area contributed by atoms with Crippen molar-refractivity contribution >= 4 is 63.3 Å². The molecule has 10 heteroatoms. The number of nitrogens with one attached hydrogen (secondary N) is 1. The van der Waals surface area contributed by atoms with Crippen LogP contribution >= 0.6 is 34.8 Å². The lowest BCUT2D eigenvalue weighted by Gasteiger charge is -2.20. The van der Waals surface area contributed by atoms with Crippen molar-refractivity contribution in [3.63, 3.8) is 0 Å². The summed E-state index contributed by atoms with van der Waals surface area (Å²) in [5.41, 5.74) is 2.09. The third kappa shape index (κ3) is 4.69. The van der Waals surface area contributed by atoms with Gasteiger partial charge < -0.3 is 10.2 Å². The van der Waals surface area contributed by atoms with Gasteiger partial charge in [-0.15, -0.1) is 0 Å². The summed E-state index contributed by atoms with van der Waals surface area (Å²) in [6, 6.07) is 14.0. The quantitative estimate of drug-likeness (QED) is 0.348. The third-order valence-electron chi connectivity index (χ3n) is 5.62. The van der Waals surface area contributed by atoms with Crippen molar-refractivity contribution in [2.45, 2.75) is 6.92 Å². The summed E-state index contributed by atoms with van der Waals surface area (Å²) in [6.07, 6.45) is 0. The van der Waals surface area contributed by atoms with E-state index in [4.69, 9.17) is 39.8 Å². The molecule has 0 aliphatic heterocycles. The van der Waals surface area contributed by atoms with Crippen LogP contribution in [0.1, 0.15) is 17.3 Å². The fourth-order valence-corrected chi connectivity index (χ4v) is 4.54. The van der Waals surface area contributed by atoms with Crippen molar-refractivity contribution in [2.75, 3.05) is 19.4 Å². The molecule has 0 radical (unpaired) electrons. The Bertz CT molecular complexity index is 1600. The van der Waals surface area contributed by atoms with Gasteiger partial charge >= 0.3 is 0 Å². The maximum absolute atomic E-state index is 13.3. The number of hydrogen-bond acceptors (Lipinski definition) is 4. The number of carbonyl (C=O) groups is 2. The monoisotopic (exact) mass is 542 g/mol. The number of fused-ring (bicyclic) bond motifs is 1. The molecule has 2 amide bonds. The second kappa shape index (κ2) is 9.93. The highest BCUT2D eigenvalue weighted by Crippen LogP contribution is 2.39. The first-order valence-corrected chi connectivity index (χ1v) is 11.9. The van der Waals surface area contributed by atoms with Gasteiger partial charge in [-0.3, -0.25) is 19.0 Å². The summed E-state index contributed by atoms with van der Waals surface area (Å²) in [4.78, 5) is 44.6. The summed E-state index contributed by atoms with van der Waals surface area (Å²) < 4.78 is 1.29. The Morgan fingerprint density at radius 2 is 1.58 bits per heavy atom. The first-order chi connectivity index (χ1) is 17.0. The maximum Gasteiger partial charge on any atom is 0.266 e. The lowest BCUT2D eigenvalue weighted by molar-refractivity contribution is -0.114. The van der Waals surface area contributed by atoms with Gasteiger partial charge in [0.25, 0.3) is 11.5 Å². The van der Waals surface area contributed by atoms with Crippen molar-refractivity contribution in [3.05, 3.63) is 79.5 Å². The van der Waals surface area contributed by atoms with E-state index in [1.54, 1.807) is 36.4 Å². The molecule has 36 heavy (non-hydrogen) atoms. The van der Waals surface area contributed by atoms with Gasteiger partial charge in [0.2, 0.25) is 5.91 Å². The molecule has 2 aromatic carbocycles. The highest BCUT2D eigenvalue weighted by Gasteiger charge is 2.26. The van der Waals surface area contributed by atoms with E-state index < -0.39 is 17.4 Å². The van der Waals surface area contributed by atoms with Crippen LogP contribution in [0.25, 0.3) is 33.4 Å². The van der Waals surface area contributed by atoms with Gasteiger partial charge in [0, 0.05) is 54.6 Å². The Balaban J connectivity index is 2.20. The number of benzene rings is 2. The van der Waals surface area contributed by atoms with Crippen molar-refractivity contribution in [1.29, 1.82) is 0 Å². The lowest BCUT2D eigenvalue weighted by atomic mass is 9.97. The fourth-order valence-electron chi connectivity index (χ4n) is 3.91. The van der Waals surface area contributed by atoms with Gasteiger partial charge in [-0.25, -0.2) is 4.98 Å². The molecule has 0 spiro atoms. The standard InChI is InChI=1S/C26H21Cl3N4O3/c1-13(34)30-23-19-12-18(14-5-7-15(27)8-6-14)22(17-10-9-16(28)11-20(17)29)31-24(19)33(4)26(36)21(23)25(35)32(2)3/h5-12H,1-4H3,(H,30,34). The molecule has 7 nitrogen and oxygen atoms in total. The molecule has 1 N–H and O–H groups in total. The minimum Gasteiger partial charge on any atom is -0.345 e. The summed E-state index contributed by atoms with van der Waals surface area (Å²) in [5, 5.41) is 4.48. The van der Waals surface area contributed by atoms with Crippen LogP contribution in [0, 0.1) is 0 Å². The highest BCUT2D eigenvalue weighted by molar-refractivity contribution is 6.36. The molecule has 0 aliphatic rings. The summed E-state index contributed by atoms with van der Waals surface area (Å²) in [7, 11) is 4.59. The molecule has 0 saturated heterocycles. The van der Waals surface area contributed by atoms with Crippen LogP contribution in [0.3, 0.4) is 0 Å². The molecule has 0 bridgehead atoms. The summed E-state index contributed by atoms with van der Waals surface area (Å²) in [5.74, 6) is -0.977. The molecular formula is C26H21Cl3N4O3. The second-order valence-electron chi connectivity index (χ2n) is 8.38. The Morgan fingerprint density at radius 3 is 2.17 bits per heavy atom. The Morgan fingerprint density at radius 1 is 0.944 bits per heavy atom. The molecule has 0 unspecified atom stereocenters. The van der Waals surface area contributed by atoms with Crippen LogP contribution in [-0.2, 0) is 11.8 Å². The molecule has 4 rings (SSSR count). The molecule has 0 aliphatic carbocycles. The Kier molecular flexibility index (Phi) is 7.09. The molecule has 4 aromatic rings. The van der Waals surface area contributed by atoms with Crippen LogP contribution in [0.4, 0.5) is 5.69 Å². The van der Waals surface area contributed by atoms with Gasteiger partial charge in [-0.1, -0.05) is 46.9 Å². The number of amides is 2. The molecular weight excluding hydrogens is 523 g/mol. The van der Waals surface area contributed by atoms with Crippen LogP contribution in [-0.4, -0.2) is 40.4 Å². The molecule has 0 fully saturated rings. The van der Waals surface area contributed by atoms with E-state index in [0.717, 1.165) is 5.56 Å². The third-order valence-corrected chi connectivity index (χ3v) is 6.42. The van der Waals surface area contributed by atoms with Crippen molar-refractivity contribution < 1.29 is 9.59 Å². The van der Waals surface area contributed by atoms with Crippen LogP contribution < -0.4 is 10.9 Å². The zero-order chi connectivity index (χ0) is 26.3. The van der Waals surface area contributed by atoms with Crippen molar-refractivity contribution in [2.24, 2.45) is 7.05 Å². The Hall–Kier alpha value is -3.39. The van der Waals surface area contributed by atoms with E-state index in [1.165, 1.54) is 37.5 Å². The first-order valence-electron chi connectivity index (χ1n) is 10.8. The number of pyridine rings is 2. The molecule has 2 heterocycles. The van der Waals surface area contributed by atoms with E-state index in [-0.39, 0.29) is 16.9 Å². The average molecular weight is 544 g/mol. The van der Waals surface area contributed by atoms with Gasteiger partial charge in [0.1, 0.15) is 11.2 Å². The second-order valence-corrected chi connectivity index (χ2v) is 9.66. The summed E-state index contributed by atoms with van der Waals surface area (Å²) >= 11 is 18.8. The number of aromatic nitrogens is 2. The fraction of sp³-hybridized carbons (Fsp3) is 0.154. The predicted octanol–water partition coefficient (Wildman–Crippen LogP) is 5.89. The number of anilines is 1. The van der Waals surface area contributed by atoms with E-state index in [9.17, 15) is 14.4 Å². The normalized spacial score (nSPS) is 11.0. The average Bonchev–Trinajstić information content (AvgIpc) is 2.82. The van der Waals surface area contributed by atoms with Gasteiger partial charge in [0.05, 0.1) is 16.4 Å². The number of carbonyl (C=O) groups excluding carboxylic acids is 2. The molecule has 0 saturated carbocycles. The molecule has 0 atom stereocenters. The van der Waals surface area contributed by atoms with Gasteiger partial charge in [0.15, 0.2) is 0 Å². The highest BCUT2D eigenvalue weighted by atomic mass is 35.5. The SMILES string of the molecule is CC(=O)Nc1c(C(=O)N(C)C)c(=O)n(C)c2nc(-c3ccc(Cl)cc3Cl)c(-c3ccc(Cl)cc3)cc12. The zero-order valence-corrected chi connectivity index (χ0v) is 22.1. The topological polar surface area (TPSA) is 84.3 Å². The maximum atomic E-state index is 13.3. The van der Waals surface area contributed by atoms with E-state index in [1.807, 2.05) is 12.1 Å². The van der Waals surface area contributed by atoms with Crippen LogP contribution in [0.2, 0.25) is 15.1 Å². The predicted molar refractivity (Wildman–Crippen MR) is 145 cm³/mol. The minimum atomic E-state index is -0.593. The number of hydrogen-bond donors (Lipinski definition) is 1. The molecule has 2 aromatic heterocycles. The first kappa shape index (κ1) is 25.7. The summed E-state index contributed by atoms with van der Waals surface area (Å²) in [6.45, 7) is 1.31. The zero-order valence-electron chi connectivity index (χ0n) is 19.8. The minimum absolute atomic E-state index is 0.0933. The number of nitrogens with zero attached hydrogens (tertiary/aromatic N) is 3. The largest absolute Gasteiger partial charge is 0.345 e. The van der Waals surface area contributed by atoms with E-state index >= 15 is 0 Å². The van der Waals surface area contributed by atoms with E-state index in [2.05, 4.69) is 5.32 Å². The van der Waals surface area contributed by atoms with Crippen molar-refractivity contribution in [1.82, 2.24) is 14.5 Å². The van der Waals surface area contributed by atoms with Crippen molar-refractivity contribution in [3.8, 4) is 22.4 Å². The smallest absolute Gasteiger partial charge is 0.266 e. The molecule has 184 valence electrons. The number of halogens is 3. The van der Waals surface area contributed by atoms with Crippen LogP contribution in [0.15, 0.2) is 53.3 Å². The number of rotatable bonds is 4. The van der Waals surface area contributed by atoms with Gasteiger partial charge in [-0.2, -0.15) is 0 Å². The Labute approximate surface area is 222 Å². The van der Waals surface area contributed by atoms with Crippen LogP contribution in [0.5, 0.6) is 0 Å².